The summed E-state index contributed by atoms with van der Waals surface area (Å²) in [5, 5.41) is 2.48. The highest BCUT2D eigenvalue weighted by atomic mass is 32.1. The van der Waals surface area contributed by atoms with Gasteiger partial charge in [-0.25, -0.2) is 4.98 Å². The fourth-order valence-electron chi connectivity index (χ4n) is 0.234. The lowest BCUT2D eigenvalue weighted by molar-refractivity contribution is 0.834. The lowest BCUT2D eigenvalue weighted by atomic mass is 10.5. The van der Waals surface area contributed by atoms with Crippen LogP contribution in [0.1, 0.15) is 13.8 Å². The molecular weight excluding hydrogens is 146 g/mol. The molecule has 0 amide bonds. The average molecular weight is 159 g/mol. The molecule has 0 aromatic carbocycles. The lowest BCUT2D eigenvalue weighted by Gasteiger charge is -1.81. The first-order chi connectivity index (χ1) is 4.63. The maximum atomic E-state index is 5.19. The minimum atomic E-state index is 0.333. The molecule has 0 saturated heterocycles. The summed E-state index contributed by atoms with van der Waals surface area (Å²) in [6.07, 6.45) is 1.68. The fraction of sp³-hybridized carbons (Fsp3) is 0.500. The first kappa shape index (κ1) is 9.39. The van der Waals surface area contributed by atoms with E-state index in [-0.39, 0.29) is 0 Å². The molecule has 58 valence electrons. The number of aromatic nitrogens is 1. The van der Waals surface area contributed by atoms with Gasteiger partial charge in [-0.15, -0.1) is 11.3 Å². The van der Waals surface area contributed by atoms with E-state index in [0.29, 0.717) is 11.2 Å². The van der Waals surface area contributed by atoms with Crippen molar-refractivity contribution in [1.82, 2.24) is 4.98 Å². The summed E-state index contributed by atoms with van der Waals surface area (Å²) in [6.45, 7) is 3.89. The first-order valence-corrected chi connectivity index (χ1v) is 3.91. The molecule has 3 nitrogen and oxygen atoms in total. The van der Waals surface area contributed by atoms with E-state index >= 15 is 0 Å². The van der Waals surface area contributed by atoms with E-state index in [1.165, 1.54) is 11.3 Å². The average Bonchev–Trinajstić information content (AvgIpc) is 2.15. The summed E-state index contributed by atoms with van der Waals surface area (Å²) < 4.78 is 0. The Morgan fingerprint density at radius 2 is 2.10 bits per heavy atom. The van der Waals surface area contributed by atoms with Crippen LogP contribution >= 0.6 is 11.3 Å². The van der Waals surface area contributed by atoms with E-state index in [4.69, 9.17) is 11.5 Å². The highest BCUT2D eigenvalue weighted by Gasteiger charge is 1.76. The summed E-state index contributed by atoms with van der Waals surface area (Å²) in [7, 11) is 0. The van der Waals surface area contributed by atoms with Crippen molar-refractivity contribution in [2.24, 2.45) is 5.73 Å². The number of thiazole rings is 1. The third-order valence-corrected chi connectivity index (χ3v) is 1.06. The molecular formula is C6H13N3S. The van der Waals surface area contributed by atoms with Crippen LogP contribution in [0.4, 0.5) is 5.13 Å². The predicted molar refractivity (Wildman–Crippen MR) is 45.8 cm³/mol. The van der Waals surface area contributed by atoms with Gasteiger partial charge in [0.05, 0.1) is 0 Å². The van der Waals surface area contributed by atoms with Crippen molar-refractivity contribution in [2.45, 2.75) is 19.9 Å². The van der Waals surface area contributed by atoms with Crippen LogP contribution in [0.5, 0.6) is 0 Å². The molecule has 1 rings (SSSR count). The van der Waals surface area contributed by atoms with E-state index < -0.39 is 0 Å². The minimum Gasteiger partial charge on any atom is -0.375 e. The van der Waals surface area contributed by atoms with E-state index in [9.17, 15) is 0 Å². The number of hydrogen-bond acceptors (Lipinski definition) is 4. The van der Waals surface area contributed by atoms with Crippen molar-refractivity contribution >= 4 is 16.5 Å². The van der Waals surface area contributed by atoms with Crippen LogP contribution in [-0.4, -0.2) is 11.0 Å². The Labute approximate surface area is 65.1 Å². The molecule has 0 bridgehead atoms. The lowest BCUT2D eigenvalue weighted by Crippen LogP contribution is -2.06. The van der Waals surface area contributed by atoms with Crippen LogP contribution in [0.15, 0.2) is 11.6 Å². The van der Waals surface area contributed by atoms with Gasteiger partial charge in [-0.1, -0.05) is 13.8 Å². The first-order valence-electron chi connectivity index (χ1n) is 3.03. The Bertz CT molecular complexity index is 145. The normalized spacial score (nSPS) is 8.80. The summed E-state index contributed by atoms with van der Waals surface area (Å²) in [5.41, 5.74) is 10.3. The van der Waals surface area contributed by atoms with Gasteiger partial charge in [-0.3, -0.25) is 0 Å². The summed E-state index contributed by atoms with van der Waals surface area (Å²) in [4.78, 5) is 3.71. The molecule has 1 aromatic heterocycles. The summed E-state index contributed by atoms with van der Waals surface area (Å²) >= 11 is 1.44. The molecule has 0 fully saturated rings. The number of nitrogens with two attached hydrogens (primary N) is 2. The monoisotopic (exact) mass is 159 g/mol. The second kappa shape index (κ2) is 5.20. The third kappa shape index (κ3) is 7.39. The van der Waals surface area contributed by atoms with Crippen molar-refractivity contribution < 1.29 is 0 Å². The van der Waals surface area contributed by atoms with Crippen LogP contribution in [0.25, 0.3) is 0 Å². The van der Waals surface area contributed by atoms with E-state index in [1.807, 2.05) is 19.2 Å². The molecule has 0 spiro atoms. The molecule has 0 atom stereocenters. The van der Waals surface area contributed by atoms with Crippen molar-refractivity contribution in [3.8, 4) is 0 Å². The zero-order valence-electron chi connectivity index (χ0n) is 6.24. The van der Waals surface area contributed by atoms with Gasteiger partial charge in [0.1, 0.15) is 0 Å². The summed E-state index contributed by atoms with van der Waals surface area (Å²) in [5.74, 6) is 0. The Morgan fingerprint density at radius 3 is 2.20 bits per heavy atom. The largest absolute Gasteiger partial charge is 0.375 e. The Kier molecular flexibility index (Phi) is 4.88. The van der Waals surface area contributed by atoms with Crippen molar-refractivity contribution in [1.29, 1.82) is 0 Å². The van der Waals surface area contributed by atoms with Gasteiger partial charge < -0.3 is 11.5 Å². The Hall–Kier alpha value is -0.610. The topological polar surface area (TPSA) is 64.9 Å². The van der Waals surface area contributed by atoms with Gasteiger partial charge in [0.25, 0.3) is 0 Å². The van der Waals surface area contributed by atoms with Gasteiger partial charge in [0.15, 0.2) is 5.13 Å². The third-order valence-electron chi connectivity index (χ3n) is 0.451. The molecule has 0 aliphatic heterocycles. The predicted octanol–water partition coefficient (Wildman–Crippen LogP) is 1.08. The number of hydrogen-bond donors (Lipinski definition) is 2. The molecule has 4 heteroatoms. The van der Waals surface area contributed by atoms with Gasteiger partial charge in [0, 0.05) is 11.6 Å². The molecule has 4 N–H and O–H groups in total. The van der Waals surface area contributed by atoms with Crippen LogP contribution in [0.2, 0.25) is 0 Å². The highest BCUT2D eigenvalue weighted by molar-refractivity contribution is 7.13. The number of nitrogens with zero attached hydrogens (tertiary/aromatic N) is 1. The standard InChI is InChI=1S/C3H4N2S.C3H9N/c4-3-5-1-2-6-3;1-3(2)4/h1-2H,(H2,4,5);3H,4H2,1-2H3. The Morgan fingerprint density at radius 1 is 1.60 bits per heavy atom. The molecule has 1 heterocycles. The maximum absolute atomic E-state index is 5.19. The zero-order valence-corrected chi connectivity index (χ0v) is 7.06. The molecule has 10 heavy (non-hydrogen) atoms. The smallest absolute Gasteiger partial charge is 0.179 e. The van der Waals surface area contributed by atoms with E-state index in [0.717, 1.165) is 0 Å². The second-order valence-corrected chi connectivity index (χ2v) is 3.04. The van der Waals surface area contributed by atoms with Crippen LogP contribution in [0, 0.1) is 0 Å². The minimum absolute atomic E-state index is 0.333. The van der Waals surface area contributed by atoms with Crippen molar-refractivity contribution in [3.63, 3.8) is 0 Å². The fourth-order valence-corrected chi connectivity index (χ4v) is 0.617. The van der Waals surface area contributed by atoms with Gasteiger partial charge in [-0.05, 0) is 6.04 Å². The molecule has 0 aliphatic rings. The van der Waals surface area contributed by atoms with Crippen LogP contribution in [-0.2, 0) is 0 Å². The van der Waals surface area contributed by atoms with Gasteiger partial charge in [-0.2, -0.15) is 0 Å². The zero-order chi connectivity index (χ0) is 7.98. The van der Waals surface area contributed by atoms with Gasteiger partial charge in [0.2, 0.25) is 0 Å². The SMILES string of the molecule is CC(C)N.Nc1nccs1. The van der Waals surface area contributed by atoms with Crippen molar-refractivity contribution in [3.05, 3.63) is 11.6 Å². The quantitative estimate of drug-likeness (QED) is 0.595. The molecule has 0 aliphatic carbocycles. The van der Waals surface area contributed by atoms with Gasteiger partial charge >= 0.3 is 0 Å². The Balaban J connectivity index is 0.000000180. The van der Waals surface area contributed by atoms with Crippen LogP contribution in [0.3, 0.4) is 0 Å². The van der Waals surface area contributed by atoms with E-state index in [2.05, 4.69) is 4.98 Å². The van der Waals surface area contributed by atoms with Crippen LogP contribution < -0.4 is 11.5 Å². The molecule has 1 aromatic rings. The second-order valence-electron chi connectivity index (χ2n) is 2.11. The number of anilines is 1. The number of rotatable bonds is 0. The molecule has 0 radical (unpaired) electrons. The summed E-state index contributed by atoms with van der Waals surface area (Å²) in [6, 6.07) is 0.333. The maximum Gasteiger partial charge on any atom is 0.179 e. The van der Waals surface area contributed by atoms with Crippen molar-refractivity contribution in [2.75, 3.05) is 5.73 Å². The molecule has 0 saturated carbocycles. The van der Waals surface area contributed by atoms with E-state index in [1.54, 1.807) is 6.20 Å². The number of nitrogen functional groups attached to an aromatic ring is 1. The highest BCUT2D eigenvalue weighted by Crippen LogP contribution is 2.02. The molecule has 0 unspecified atom stereocenters.